The second kappa shape index (κ2) is 12.6. The molecule has 240 valence electrons. The number of hydrogen-bond acceptors (Lipinski definition) is 9. The van der Waals surface area contributed by atoms with Gasteiger partial charge in [-0.3, -0.25) is 0 Å². The fourth-order valence-corrected chi connectivity index (χ4v) is 6.46. The number of ether oxygens (including phenoxy) is 2. The first kappa shape index (κ1) is 31.9. The van der Waals surface area contributed by atoms with E-state index < -0.39 is 5.60 Å². The van der Waals surface area contributed by atoms with E-state index in [-0.39, 0.29) is 28.1 Å². The van der Waals surface area contributed by atoms with Crippen LogP contribution in [-0.2, 0) is 17.7 Å². The Labute approximate surface area is 279 Å². The van der Waals surface area contributed by atoms with Crippen LogP contribution in [0.5, 0.6) is 11.5 Å². The molecule has 0 bridgehead atoms. The number of fused-ring (bicyclic) bond motifs is 2. The van der Waals surface area contributed by atoms with Crippen LogP contribution in [0, 0.1) is 22.7 Å². The van der Waals surface area contributed by atoms with Gasteiger partial charge >= 0.3 is 6.09 Å². The van der Waals surface area contributed by atoms with Crippen molar-refractivity contribution < 1.29 is 14.3 Å². The summed E-state index contributed by atoms with van der Waals surface area (Å²) in [6.07, 6.45) is 0.459. The highest BCUT2D eigenvalue weighted by atomic mass is 35.5. The lowest BCUT2D eigenvalue weighted by atomic mass is 9.90. The van der Waals surface area contributed by atoms with Crippen LogP contribution in [0.25, 0.3) is 22.2 Å². The van der Waals surface area contributed by atoms with E-state index in [2.05, 4.69) is 35.1 Å². The number of aromatic nitrogens is 1. The average Bonchev–Trinajstić information content (AvgIpc) is 3.04. The number of nitrogens with two attached hydrogens (primary N) is 1. The Hall–Kier alpha value is -5.03. The van der Waals surface area contributed by atoms with Gasteiger partial charge in [-0.15, -0.1) is 0 Å². The van der Waals surface area contributed by atoms with E-state index in [0.717, 1.165) is 25.1 Å². The number of piperazine rings is 1. The van der Waals surface area contributed by atoms with Crippen molar-refractivity contribution >= 4 is 40.0 Å². The molecule has 0 spiro atoms. The molecule has 2 aliphatic heterocycles. The van der Waals surface area contributed by atoms with Gasteiger partial charge in [-0.2, -0.15) is 10.5 Å². The highest BCUT2D eigenvalue weighted by molar-refractivity contribution is 6.32. The lowest BCUT2D eigenvalue weighted by Gasteiger charge is -2.37. The number of para-hydroxylation sites is 1. The van der Waals surface area contributed by atoms with Crippen molar-refractivity contribution in [2.75, 3.05) is 50.4 Å². The summed E-state index contributed by atoms with van der Waals surface area (Å²) in [6.45, 7) is 9.04. The number of hydrogen-bond donors (Lipinski definition) is 1. The Bertz CT molecular complexity index is 1970. The molecule has 3 aromatic carbocycles. The second-order valence-electron chi connectivity index (χ2n) is 12.9. The molecule has 1 fully saturated rings. The van der Waals surface area contributed by atoms with Crippen LogP contribution in [0.2, 0.25) is 5.02 Å². The third kappa shape index (κ3) is 6.23. The molecule has 0 atom stereocenters. The van der Waals surface area contributed by atoms with Gasteiger partial charge in [-0.05, 0) is 63.6 Å². The summed E-state index contributed by atoms with van der Waals surface area (Å²) in [5, 5.41) is 21.6. The molecule has 0 saturated carbocycles. The first-order valence-corrected chi connectivity index (χ1v) is 15.9. The molecule has 6 rings (SSSR count). The van der Waals surface area contributed by atoms with E-state index in [1.54, 1.807) is 23.1 Å². The molecule has 47 heavy (non-hydrogen) atoms. The number of pyridine rings is 1. The Morgan fingerprint density at radius 1 is 0.979 bits per heavy atom. The number of amides is 1. The van der Waals surface area contributed by atoms with E-state index in [1.165, 1.54) is 11.1 Å². The van der Waals surface area contributed by atoms with Gasteiger partial charge < -0.3 is 29.9 Å². The van der Waals surface area contributed by atoms with Crippen molar-refractivity contribution in [2.24, 2.45) is 0 Å². The third-order valence-electron chi connectivity index (χ3n) is 8.49. The van der Waals surface area contributed by atoms with Crippen LogP contribution in [-0.4, -0.2) is 66.2 Å². The molecule has 0 radical (unpaired) electrons. The SMILES string of the molecule is CN1CCc2c(cccc2-c2nc3c(Oc4c(Cl)ccc(N)c4C#N)cccc3c(N3CCN(C(=O)OC(C)(C)C)CC3)c2C#N)C1. The van der Waals surface area contributed by atoms with E-state index in [1.807, 2.05) is 45.0 Å². The van der Waals surface area contributed by atoms with Gasteiger partial charge in [0.15, 0.2) is 11.5 Å². The summed E-state index contributed by atoms with van der Waals surface area (Å²) in [7, 11) is 2.10. The number of rotatable bonds is 4. The predicted molar refractivity (Wildman–Crippen MR) is 183 cm³/mol. The zero-order valence-electron chi connectivity index (χ0n) is 26.9. The highest BCUT2D eigenvalue weighted by Gasteiger charge is 2.31. The molecule has 10 nitrogen and oxygen atoms in total. The van der Waals surface area contributed by atoms with Crippen LogP contribution in [0.4, 0.5) is 16.2 Å². The van der Waals surface area contributed by atoms with Gasteiger partial charge in [-0.25, -0.2) is 9.78 Å². The summed E-state index contributed by atoms with van der Waals surface area (Å²) < 4.78 is 12.0. The minimum Gasteiger partial charge on any atom is -0.452 e. The number of carbonyl (C=O) groups is 1. The fourth-order valence-electron chi connectivity index (χ4n) is 6.26. The third-order valence-corrected chi connectivity index (χ3v) is 8.79. The Morgan fingerprint density at radius 3 is 2.40 bits per heavy atom. The maximum atomic E-state index is 12.9. The predicted octanol–water partition coefficient (Wildman–Crippen LogP) is 6.72. The fraction of sp³-hybridized carbons (Fsp3) is 0.333. The molecular formula is C36H36ClN7O3. The van der Waals surface area contributed by atoms with Crippen LogP contribution in [0.3, 0.4) is 0 Å². The maximum absolute atomic E-state index is 12.9. The Morgan fingerprint density at radius 2 is 1.70 bits per heavy atom. The smallest absolute Gasteiger partial charge is 0.410 e. The van der Waals surface area contributed by atoms with E-state index >= 15 is 0 Å². The molecule has 1 saturated heterocycles. The molecule has 1 amide bonds. The lowest BCUT2D eigenvalue weighted by molar-refractivity contribution is 0.0240. The summed E-state index contributed by atoms with van der Waals surface area (Å²) in [5.41, 5.74) is 11.4. The zero-order valence-corrected chi connectivity index (χ0v) is 27.7. The van der Waals surface area contributed by atoms with Crippen LogP contribution in [0.15, 0.2) is 48.5 Å². The van der Waals surface area contributed by atoms with Gasteiger partial charge in [0.1, 0.15) is 34.4 Å². The van der Waals surface area contributed by atoms with Crippen LogP contribution >= 0.6 is 11.6 Å². The monoisotopic (exact) mass is 649 g/mol. The number of halogens is 1. The summed E-state index contributed by atoms with van der Waals surface area (Å²) >= 11 is 6.53. The standard InChI is InChI=1S/C36H36ClN7O3/c1-36(2,3)47-35(45)44-17-15-43(16-18-44)33-25-9-6-10-30(46-34-26(19-38)29(40)12-11-28(34)37)32(25)41-31(27(33)20-39)24-8-5-7-22-21-42(4)14-13-23(22)24/h5-12H,13-18,21,40H2,1-4H3. The maximum Gasteiger partial charge on any atom is 0.410 e. The van der Waals surface area contributed by atoms with Crippen molar-refractivity contribution in [3.63, 3.8) is 0 Å². The topological polar surface area (TPSA) is 132 Å². The number of anilines is 2. The summed E-state index contributed by atoms with van der Waals surface area (Å²) in [5.74, 6) is 0.512. The number of nitriles is 2. The zero-order chi connectivity index (χ0) is 33.5. The largest absolute Gasteiger partial charge is 0.452 e. The molecule has 4 aromatic rings. The normalized spacial score (nSPS) is 15.1. The first-order chi connectivity index (χ1) is 22.5. The second-order valence-corrected chi connectivity index (χ2v) is 13.3. The minimum atomic E-state index is -0.601. The molecule has 11 heteroatoms. The molecule has 1 aromatic heterocycles. The van der Waals surface area contributed by atoms with Crippen LogP contribution < -0.4 is 15.4 Å². The highest BCUT2D eigenvalue weighted by Crippen LogP contribution is 2.44. The van der Waals surface area contributed by atoms with Gasteiger partial charge in [0.05, 0.1) is 22.1 Å². The van der Waals surface area contributed by atoms with Gasteiger partial charge in [0.25, 0.3) is 0 Å². The summed E-state index contributed by atoms with van der Waals surface area (Å²) in [6, 6.07) is 19.4. The molecule has 3 heterocycles. The number of benzene rings is 3. The number of nitrogens with zero attached hydrogens (tertiary/aromatic N) is 6. The van der Waals surface area contributed by atoms with Crippen molar-refractivity contribution in [1.29, 1.82) is 10.5 Å². The molecule has 0 aliphatic carbocycles. The summed E-state index contributed by atoms with van der Waals surface area (Å²) in [4.78, 5) is 24.1. The molecule has 0 unspecified atom stereocenters. The lowest BCUT2D eigenvalue weighted by Crippen LogP contribution is -2.50. The van der Waals surface area contributed by atoms with Gasteiger partial charge in [-0.1, -0.05) is 41.9 Å². The van der Waals surface area contributed by atoms with Crippen molar-refractivity contribution in [2.45, 2.75) is 39.3 Å². The minimum absolute atomic E-state index is 0.128. The first-order valence-electron chi connectivity index (χ1n) is 15.5. The van der Waals surface area contributed by atoms with Gasteiger partial charge in [0, 0.05) is 50.2 Å². The number of carbonyl (C=O) groups excluding carboxylic acids is 1. The van der Waals surface area contributed by atoms with E-state index in [4.69, 9.17) is 31.8 Å². The molecule has 2 N–H and O–H groups in total. The number of likely N-dealkylation sites (N-methyl/N-ethyl adjacent to an activating group) is 1. The Kier molecular flexibility index (Phi) is 8.59. The Balaban J connectivity index is 1.53. The van der Waals surface area contributed by atoms with Crippen molar-refractivity contribution in [1.82, 2.24) is 14.8 Å². The van der Waals surface area contributed by atoms with Gasteiger partial charge in [0.2, 0.25) is 0 Å². The van der Waals surface area contributed by atoms with E-state index in [0.29, 0.717) is 59.8 Å². The quantitative estimate of drug-likeness (QED) is 0.239. The van der Waals surface area contributed by atoms with Crippen molar-refractivity contribution in [3.05, 3.63) is 75.8 Å². The van der Waals surface area contributed by atoms with Crippen molar-refractivity contribution in [3.8, 4) is 34.9 Å². The number of nitrogen functional groups attached to an aromatic ring is 1. The molecular weight excluding hydrogens is 614 g/mol. The average molecular weight is 650 g/mol. The molecule has 2 aliphatic rings. The van der Waals surface area contributed by atoms with E-state index in [9.17, 15) is 15.3 Å². The van der Waals surface area contributed by atoms with Crippen LogP contribution in [0.1, 0.15) is 43.0 Å².